The number of imidazole rings is 1. The minimum atomic E-state index is -0.198. The van der Waals surface area contributed by atoms with E-state index in [0.29, 0.717) is 17.0 Å². The molecule has 0 spiro atoms. The molecule has 0 saturated carbocycles. The molecule has 1 N–H and O–H groups in total. The van der Waals surface area contributed by atoms with Crippen molar-refractivity contribution in [1.82, 2.24) is 19.4 Å². The van der Waals surface area contributed by atoms with Crippen LogP contribution in [-0.4, -0.2) is 31.5 Å². The van der Waals surface area contributed by atoms with Crippen LogP contribution < -0.4 is 5.32 Å². The van der Waals surface area contributed by atoms with E-state index in [1.807, 2.05) is 35.9 Å². The number of hydrogen-bond acceptors (Lipinski definition) is 6. The molecule has 0 unspecified atom stereocenters. The first-order valence-electron chi connectivity index (χ1n) is 7.93. The number of carbonyl (C=O) groups is 1. The predicted octanol–water partition coefficient (Wildman–Crippen LogP) is 3.48. The maximum Gasteiger partial charge on any atom is 0.277 e. The van der Waals surface area contributed by atoms with Gasteiger partial charge < -0.3 is 5.32 Å². The number of benzene rings is 1. The van der Waals surface area contributed by atoms with Crippen LogP contribution >= 0.6 is 11.3 Å². The van der Waals surface area contributed by atoms with E-state index in [9.17, 15) is 4.79 Å². The van der Waals surface area contributed by atoms with Gasteiger partial charge in [-0.2, -0.15) is 0 Å². The third kappa shape index (κ3) is 2.31. The SMILES string of the molecule is Cc1cnc(Nc2ncc(-c3ccc4c(c3)C=NC4=O)n3ccnc23)s1. The van der Waals surface area contributed by atoms with Crippen LogP contribution in [0.4, 0.5) is 10.9 Å². The van der Waals surface area contributed by atoms with Crippen LogP contribution in [0.3, 0.4) is 0 Å². The van der Waals surface area contributed by atoms with Crippen molar-refractivity contribution in [1.29, 1.82) is 0 Å². The molecule has 7 nitrogen and oxygen atoms in total. The lowest BCUT2D eigenvalue weighted by molar-refractivity contribution is 0.101. The number of nitrogens with one attached hydrogen (secondary N) is 1. The minimum absolute atomic E-state index is 0.198. The number of hydrogen-bond donors (Lipinski definition) is 1. The van der Waals surface area contributed by atoms with E-state index in [4.69, 9.17) is 0 Å². The summed E-state index contributed by atoms with van der Waals surface area (Å²) in [6.07, 6.45) is 8.82. The van der Waals surface area contributed by atoms with Crippen molar-refractivity contribution in [3.05, 3.63) is 59.0 Å². The van der Waals surface area contributed by atoms with Crippen molar-refractivity contribution in [2.45, 2.75) is 6.92 Å². The Morgan fingerprint density at radius 2 is 2.08 bits per heavy atom. The van der Waals surface area contributed by atoms with Gasteiger partial charge in [-0.3, -0.25) is 9.20 Å². The molecule has 0 saturated heterocycles. The number of aliphatic imine (C=N–C) groups is 1. The van der Waals surface area contributed by atoms with Crippen LogP contribution in [0.2, 0.25) is 0 Å². The number of carbonyl (C=O) groups excluding carboxylic acids is 1. The number of anilines is 2. The maximum absolute atomic E-state index is 11.7. The number of nitrogens with zero attached hydrogens (tertiary/aromatic N) is 5. The molecule has 0 aliphatic carbocycles. The molecular formula is C18H12N6OS. The van der Waals surface area contributed by atoms with Gasteiger partial charge in [0.25, 0.3) is 5.91 Å². The molecule has 8 heteroatoms. The summed E-state index contributed by atoms with van der Waals surface area (Å²) in [5, 5.41) is 4.00. The fourth-order valence-electron chi connectivity index (χ4n) is 2.96. The van der Waals surface area contributed by atoms with Crippen molar-refractivity contribution < 1.29 is 4.79 Å². The lowest BCUT2D eigenvalue weighted by Gasteiger charge is -2.10. The normalized spacial score (nSPS) is 12.7. The molecule has 1 aromatic carbocycles. The summed E-state index contributed by atoms with van der Waals surface area (Å²) >= 11 is 1.56. The summed E-state index contributed by atoms with van der Waals surface area (Å²) in [5.41, 5.74) is 3.98. The van der Waals surface area contributed by atoms with Crippen LogP contribution in [0, 0.1) is 6.92 Å². The first-order chi connectivity index (χ1) is 12.7. The van der Waals surface area contributed by atoms with Crippen molar-refractivity contribution in [3.8, 4) is 11.3 Å². The second-order valence-electron chi connectivity index (χ2n) is 5.88. The number of thiazole rings is 1. The van der Waals surface area contributed by atoms with E-state index >= 15 is 0 Å². The van der Waals surface area contributed by atoms with Gasteiger partial charge in [0.05, 0.1) is 17.5 Å². The molecule has 3 aromatic heterocycles. The third-order valence-electron chi connectivity index (χ3n) is 4.17. The van der Waals surface area contributed by atoms with Crippen molar-refractivity contribution in [3.63, 3.8) is 0 Å². The number of aromatic nitrogens is 4. The van der Waals surface area contributed by atoms with Crippen molar-refractivity contribution in [2.75, 3.05) is 5.32 Å². The molecule has 1 aliphatic heterocycles. The summed E-state index contributed by atoms with van der Waals surface area (Å²) < 4.78 is 1.96. The molecule has 0 fully saturated rings. The number of rotatable bonds is 3. The predicted molar refractivity (Wildman–Crippen MR) is 100 cm³/mol. The third-order valence-corrected chi connectivity index (χ3v) is 5.00. The molecule has 0 atom stereocenters. The maximum atomic E-state index is 11.7. The van der Waals surface area contributed by atoms with Crippen LogP contribution in [-0.2, 0) is 0 Å². The average Bonchev–Trinajstić information content (AvgIpc) is 3.36. The molecule has 4 aromatic rings. The highest BCUT2D eigenvalue weighted by atomic mass is 32.1. The second-order valence-corrected chi connectivity index (χ2v) is 7.11. The first-order valence-corrected chi connectivity index (χ1v) is 8.75. The zero-order valence-electron chi connectivity index (χ0n) is 13.7. The Labute approximate surface area is 152 Å². The molecular weight excluding hydrogens is 348 g/mol. The Morgan fingerprint density at radius 1 is 1.15 bits per heavy atom. The first kappa shape index (κ1) is 14.9. The van der Waals surface area contributed by atoms with E-state index in [2.05, 4.69) is 25.3 Å². The summed E-state index contributed by atoms with van der Waals surface area (Å²) in [5.74, 6) is 0.446. The summed E-state index contributed by atoms with van der Waals surface area (Å²) in [7, 11) is 0. The van der Waals surface area contributed by atoms with E-state index in [1.165, 1.54) is 0 Å². The number of fused-ring (bicyclic) bond motifs is 2. The largest absolute Gasteiger partial charge is 0.313 e. The van der Waals surface area contributed by atoms with E-state index < -0.39 is 0 Å². The van der Waals surface area contributed by atoms with Crippen molar-refractivity contribution in [2.24, 2.45) is 4.99 Å². The average molecular weight is 360 g/mol. The molecule has 1 amide bonds. The zero-order valence-corrected chi connectivity index (χ0v) is 14.5. The Bertz CT molecular complexity index is 1210. The molecule has 0 bridgehead atoms. The summed E-state index contributed by atoms with van der Waals surface area (Å²) in [4.78, 5) is 29.9. The summed E-state index contributed by atoms with van der Waals surface area (Å²) in [6.45, 7) is 2.01. The molecule has 0 radical (unpaired) electrons. The van der Waals surface area contributed by atoms with E-state index in [1.54, 1.807) is 36.0 Å². The Hall–Kier alpha value is -3.39. The van der Waals surface area contributed by atoms with Crippen LogP contribution in [0.1, 0.15) is 20.8 Å². The highest BCUT2D eigenvalue weighted by Crippen LogP contribution is 2.28. The highest BCUT2D eigenvalue weighted by molar-refractivity contribution is 7.15. The van der Waals surface area contributed by atoms with E-state index in [-0.39, 0.29) is 5.91 Å². The lowest BCUT2D eigenvalue weighted by atomic mass is 10.0. The fourth-order valence-corrected chi connectivity index (χ4v) is 3.62. The van der Waals surface area contributed by atoms with Crippen LogP contribution in [0.5, 0.6) is 0 Å². The summed E-state index contributed by atoms with van der Waals surface area (Å²) in [6, 6.07) is 5.64. The van der Waals surface area contributed by atoms with Gasteiger partial charge in [-0.25, -0.2) is 19.9 Å². The standard InChI is InChI=1S/C18H12N6OS/c1-10-7-22-18(26-10)23-15-16-19-4-5-24(16)14(9-20-15)11-2-3-13-12(6-11)8-21-17(13)25/h2-9H,1H3,(H,20,22,23). The van der Waals surface area contributed by atoms with Gasteiger partial charge in [0, 0.05) is 40.8 Å². The van der Waals surface area contributed by atoms with Gasteiger partial charge in [-0.1, -0.05) is 6.07 Å². The van der Waals surface area contributed by atoms with E-state index in [0.717, 1.165) is 26.8 Å². The smallest absolute Gasteiger partial charge is 0.277 e. The Balaban J connectivity index is 1.60. The second kappa shape index (κ2) is 5.57. The topological polar surface area (TPSA) is 84.5 Å². The minimum Gasteiger partial charge on any atom is -0.313 e. The Kier molecular flexibility index (Phi) is 3.19. The monoisotopic (exact) mass is 360 g/mol. The fraction of sp³-hybridized carbons (Fsp3) is 0.0556. The van der Waals surface area contributed by atoms with Crippen LogP contribution in [0.25, 0.3) is 16.9 Å². The molecule has 26 heavy (non-hydrogen) atoms. The Morgan fingerprint density at radius 3 is 2.92 bits per heavy atom. The number of amides is 1. The van der Waals surface area contributed by atoms with Crippen molar-refractivity contribution >= 4 is 40.1 Å². The van der Waals surface area contributed by atoms with Gasteiger partial charge in [-0.05, 0) is 19.1 Å². The zero-order chi connectivity index (χ0) is 17.7. The van der Waals surface area contributed by atoms with Gasteiger partial charge >= 0.3 is 0 Å². The molecule has 126 valence electrons. The molecule has 4 heterocycles. The molecule has 5 rings (SSSR count). The van der Waals surface area contributed by atoms with Gasteiger partial charge in [0.2, 0.25) is 0 Å². The quantitative estimate of drug-likeness (QED) is 0.605. The van der Waals surface area contributed by atoms with Gasteiger partial charge in [-0.15, -0.1) is 11.3 Å². The highest BCUT2D eigenvalue weighted by Gasteiger charge is 2.17. The van der Waals surface area contributed by atoms with Crippen LogP contribution in [0.15, 0.2) is 48.0 Å². The van der Waals surface area contributed by atoms with Gasteiger partial charge in [0.1, 0.15) is 0 Å². The van der Waals surface area contributed by atoms with Gasteiger partial charge in [0.15, 0.2) is 16.6 Å². The molecule has 1 aliphatic rings. The number of aryl methyl sites for hydroxylation is 1. The lowest BCUT2D eigenvalue weighted by Crippen LogP contribution is -2.01.